The molecule has 0 aliphatic rings. The molecule has 0 aliphatic carbocycles. The van der Waals surface area contributed by atoms with Crippen molar-refractivity contribution < 1.29 is 14.3 Å². The van der Waals surface area contributed by atoms with Crippen LogP contribution in [0.4, 0.5) is 0 Å². The van der Waals surface area contributed by atoms with E-state index >= 15 is 0 Å². The molecular formula is C16H17N3O3. The van der Waals surface area contributed by atoms with E-state index in [2.05, 4.69) is 14.7 Å². The molecule has 2 heterocycles. The van der Waals surface area contributed by atoms with Crippen LogP contribution in [-0.4, -0.2) is 40.4 Å². The first-order chi connectivity index (χ1) is 10.7. The first-order valence-corrected chi connectivity index (χ1v) is 6.85. The Bertz CT molecular complexity index is 617. The summed E-state index contributed by atoms with van der Waals surface area (Å²) in [6.07, 6.45) is 6.63. The molecule has 0 spiro atoms. The zero-order valence-corrected chi connectivity index (χ0v) is 12.3. The molecule has 2 aromatic heterocycles. The van der Waals surface area contributed by atoms with Crippen LogP contribution in [0.1, 0.15) is 22.3 Å². The van der Waals surface area contributed by atoms with Crippen LogP contribution in [0.3, 0.4) is 0 Å². The minimum atomic E-state index is -0.352. The van der Waals surface area contributed by atoms with Crippen LogP contribution in [0.15, 0.2) is 49.1 Å². The smallest absolute Gasteiger partial charge is 0.307 e. The lowest BCUT2D eigenvalue weighted by atomic mass is 10.2. The van der Waals surface area contributed by atoms with Gasteiger partial charge in [-0.25, -0.2) is 0 Å². The third-order valence-electron chi connectivity index (χ3n) is 3.11. The molecule has 6 heteroatoms. The summed E-state index contributed by atoms with van der Waals surface area (Å²) in [5.74, 6) is -0.531. The first-order valence-electron chi connectivity index (χ1n) is 6.85. The number of amides is 1. The van der Waals surface area contributed by atoms with Crippen LogP contribution in [0.2, 0.25) is 0 Å². The number of hydrogen-bond donors (Lipinski definition) is 0. The Balaban J connectivity index is 2.13. The highest BCUT2D eigenvalue weighted by molar-refractivity contribution is 5.94. The van der Waals surface area contributed by atoms with Gasteiger partial charge in [0.25, 0.3) is 5.91 Å². The second kappa shape index (κ2) is 7.87. The Kier molecular flexibility index (Phi) is 5.59. The number of hydrogen-bond acceptors (Lipinski definition) is 5. The Hall–Kier alpha value is -2.76. The third kappa shape index (κ3) is 4.37. The lowest BCUT2D eigenvalue weighted by molar-refractivity contribution is -0.140. The molecule has 0 bridgehead atoms. The highest BCUT2D eigenvalue weighted by Gasteiger charge is 2.17. The molecule has 6 nitrogen and oxygen atoms in total. The largest absolute Gasteiger partial charge is 0.469 e. The van der Waals surface area contributed by atoms with Gasteiger partial charge in [0.2, 0.25) is 0 Å². The van der Waals surface area contributed by atoms with E-state index in [1.165, 1.54) is 13.3 Å². The predicted molar refractivity (Wildman–Crippen MR) is 79.8 cm³/mol. The highest BCUT2D eigenvalue weighted by atomic mass is 16.5. The lowest BCUT2D eigenvalue weighted by Crippen LogP contribution is -2.32. The fourth-order valence-electron chi connectivity index (χ4n) is 1.96. The zero-order valence-electron chi connectivity index (χ0n) is 12.3. The summed E-state index contributed by atoms with van der Waals surface area (Å²) in [5, 5.41) is 0. The molecule has 0 aliphatic heterocycles. The minimum absolute atomic E-state index is 0.142. The number of rotatable bonds is 6. The number of aromatic nitrogens is 2. The highest BCUT2D eigenvalue weighted by Crippen LogP contribution is 2.09. The van der Waals surface area contributed by atoms with Crippen molar-refractivity contribution in [3.05, 3.63) is 60.2 Å². The monoisotopic (exact) mass is 299 g/mol. The van der Waals surface area contributed by atoms with E-state index in [4.69, 9.17) is 0 Å². The normalized spacial score (nSPS) is 10.0. The summed E-state index contributed by atoms with van der Waals surface area (Å²) in [5.41, 5.74) is 1.38. The summed E-state index contributed by atoms with van der Waals surface area (Å²) < 4.78 is 4.63. The summed E-state index contributed by atoms with van der Waals surface area (Å²) in [6.45, 7) is 0.647. The number of nitrogens with zero attached hydrogens (tertiary/aromatic N) is 3. The van der Waals surface area contributed by atoms with Gasteiger partial charge in [0.1, 0.15) is 0 Å². The van der Waals surface area contributed by atoms with Crippen LogP contribution in [0.25, 0.3) is 0 Å². The molecule has 0 aromatic carbocycles. The predicted octanol–water partition coefficient (Wildman–Crippen LogP) is 1.68. The van der Waals surface area contributed by atoms with Crippen LogP contribution in [-0.2, 0) is 16.1 Å². The molecule has 0 N–H and O–H groups in total. The Morgan fingerprint density at radius 2 is 1.86 bits per heavy atom. The van der Waals surface area contributed by atoms with Crippen LogP contribution in [0, 0.1) is 0 Å². The molecular weight excluding hydrogens is 282 g/mol. The standard InChI is InChI=1S/C16H17N3O3/c1-22-15(20)6-9-19(12-13-4-2-7-17-10-13)16(21)14-5-3-8-18-11-14/h2-5,7-8,10-11H,6,9,12H2,1H3. The summed E-state index contributed by atoms with van der Waals surface area (Å²) in [6, 6.07) is 7.09. The number of carbonyl (C=O) groups excluding carboxylic acids is 2. The summed E-state index contributed by atoms with van der Waals surface area (Å²) in [7, 11) is 1.33. The molecule has 0 saturated carbocycles. The van der Waals surface area contributed by atoms with Gasteiger partial charge in [-0.2, -0.15) is 0 Å². The van der Waals surface area contributed by atoms with E-state index < -0.39 is 0 Å². The minimum Gasteiger partial charge on any atom is -0.469 e. The van der Waals surface area contributed by atoms with Crippen molar-refractivity contribution in [3.63, 3.8) is 0 Å². The van der Waals surface area contributed by atoms with Crippen molar-refractivity contribution in [1.29, 1.82) is 0 Å². The first kappa shape index (κ1) is 15.6. The Morgan fingerprint density at radius 1 is 1.14 bits per heavy atom. The van der Waals surface area contributed by atoms with Gasteiger partial charge in [-0.05, 0) is 23.8 Å². The van der Waals surface area contributed by atoms with Crippen LogP contribution < -0.4 is 0 Å². The van der Waals surface area contributed by atoms with Gasteiger partial charge >= 0.3 is 5.97 Å². The average molecular weight is 299 g/mol. The molecule has 0 atom stereocenters. The molecule has 114 valence electrons. The van der Waals surface area contributed by atoms with Crippen molar-refractivity contribution in [2.24, 2.45) is 0 Å². The van der Waals surface area contributed by atoms with Crippen LogP contribution in [0.5, 0.6) is 0 Å². The lowest BCUT2D eigenvalue weighted by Gasteiger charge is -2.22. The molecule has 0 unspecified atom stereocenters. The second-order valence-corrected chi connectivity index (χ2v) is 4.66. The summed E-state index contributed by atoms with van der Waals surface area (Å²) in [4.78, 5) is 33.5. The molecule has 22 heavy (non-hydrogen) atoms. The van der Waals surface area contributed by atoms with Crippen molar-refractivity contribution in [3.8, 4) is 0 Å². The number of carbonyl (C=O) groups is 2. The number of methoxy groups -OCH3 is 1. The quantitative estimate of drug-likeness (QED) is 0.759. The molecule has 0 radical (unpaired) electrons. The van der Waals surface area contributed by atoms with E-state index in [9.17, 15) is 9.59 Å². The van der Waals surface area contributed by atoms with Crippen molar-refractivity contribution >= 4 is 11.9 Å². The average Bonchev–Trinajstić information content (AvgIpc) is 2.59. The van der Waals surface area contributed by atoms with E-state index in [1.807, 2.05) is 12.1 Å². The van der Waals surface area contributed by atoms with Gasteiger partial charge in [0, 0.05) is 37.9 Å². The van der Waals surface area contributed by atoms with Crippen LogP contribution >= 0.6 is 0 Å². The van der Waals surface area contributed by atoms with Gasteiger partial charge in [-0.1, -0.05) is 6.07 Å². The number of ether oxygens (including phenoxy) is 1. The van der Waals surface area contributed by atoms with Gasteiger partial charge in [0.05, 0.1) is 19.1 Å². The number of esters is 1. The molecule has 2 rings (SSSR count). The molecule has 1 amide bonds. The zero-order chi connectivity index (χ0) is 15.8. The topological polar surface area (TPSA) is 72.4 Å². The molecule has 2 aromatic rings. The van der Waals surface area contributed by atoms with E-state index in [0.29, 0.717) is 12.1 Å². The van der Waals surface area contributed by atoms with Crippen molar-refractivity contribution in [2.75, 3.05) is 13.7 Å². The van der Waals surface area contributed by atoms with Gasteiger partial charge in [-0.15, -0.1) is 0 Å². The van der Waals surface area contributed by atoms with E-state index in [0.717, 1.165) is 5.56 Å². The van der Waals surface area contributed by atoms with Gasteiger partial charge in [0.15, 0.2) is 0 Å². The maximum atomic E-state index is 12.6. The Labute approximate surface area is 128 Å². The number of pyridine rings is 2. The van der Waals surface area contributed by atoms with Crippen molar-refractivity contribution in [1.82, 2.24) is 14.9 Å². The maximum Gasteiger partial charge on any atom is 0.307 e. The third-order valence-corrected chi connectivity index (χ3v) is 3.11. The van der Waals surface area contributed by atoms with Crippen molar-refractivity contribution in [2.45, 2.75) is 13.0 Å². The SMILES string of the molecule is COC(=O)CCN(Cc1cccnc1)C(=O)c1cccnc1. The van der Waals surface area contributed by atoms with Gasteiger partial charge in [-0.3, -0.25) is 19.6 Å². The summed E-state index contributed by atoms with van der Waals surface area (Å²) >= 11 is 0. The fraction of sp³-hybridized carbons (Fsp3) is 0.250. The molecule has 0 fully saturated rings. The van der Waals surface area contributed by atoms with Gasteiger partial charge < -0.3 is 9.64 Å². The second-order valence-electron chi connectivity index (χ2n) is 4.66. The van der Waals surface area contributed by atoms with E-state index in [1.54, 1.807) is 35.6 Å². The fourth-order valence-corrected chi connectivity index (χ4v) is 1.96. The molecule has 0 saturated heterocycles. The maximum absolute atomic E-state index is 12.6. The van der Waals surface area contributed by atoms with E-state index in [-0.39, 0.29) is 24.8 Å². The Morgan fingerprint density at radius 3 is 2.45 bits per heavy atom.